The van der Waals surface area contributed by atoms with Gasteiger partial charge in [-0.1, -0.05) is 48.5 Å². The lowest BCUT2D eigenvalue weighted by molar-refractivity contribution is -0.125. The molecule has 3 aromatic rings. The number of rotatable bonds is 6. The Morgan fingerprint density at radius 1 is 1.06 bits per heavy atom. The van der Waals surface area contributed by atoms with Gasteiger partial charge in [-0.15, -0.1) is 0 Å². The fourth-order valence-corrected chi connectivity index (χ4v) is 3.84. The summed E-state index contributed by atoms with van der Waals surface area (Å²) in [6.45, 7) is 1.96. The minimum atomic E-state index is -0.313. The summed E-state index contributed by atoms with van der Waals surface area (Å²) in [4.78, 5) is 27.1. The van der Waals surface area contributed by atoms with Crippen LogP contribution in [0.3, 0.4) is 0 Å². The lowest BCUT2D eigenvalue weighted by Gasteiger charge is -2.32. The molecule has 1 saturated heterocycles. The van der Waals surface area contributed by atoms with Gasteiger partial charge < -0.3 is 10.2 Å². The Balaban J connectivity index is 1.31. The zero-order valence-electron chi connectivity index (χ0n) is 17.2. The second-order valence-corrected chi connectivity index (χ2v) is 7.77. The molecule has 6 nitrogen and oxygen atoms in total. The number of anilines is 1. The predicted molar refractivity (Wildman–Crippen MR) is 117 cm³/mol. The molecule has 4 rings (SSSR count). The molecule has 0 aliphatic carbocycles. The van der Waals surface area contributed by atoms with Crippen molar-refractivity contribution in [3.8, 4) is 0 Å². The molecule has 0 atom stereocenters. The quantitative estimate of drug-likeness (QED) is 0.666. The van der Waals surface area contributed by atoms with Crippen LogP contribution in [0.5, 0.6) is 0 Å². The number of hydrogen-bond acceptors (Lipinski definition) is 4. The minimum Gasteiger partial charge on any atom is -0.370 e. The molecule has 31 heavy (non-hydrogen) atoms. The summed E-state index contributed by atoms with van der Waals surface area (Å²) in [5.74, 6) is -0.485. The third-order valence-electron chi connectivity index (χ3n) is 5.67. The smallest absolute Gasteiger partial charge is 0.269 e. The first-order valence-electron chi connectivity index (χ1n) is 10.5. The first-order valence-corrected chi connectivity index (χ1v) is 10.5. The zero-order chi connectivity index (χ0) is 21.6. The van der Waals surface area contributed by atoms with Crippen molar-refractivity contribution in [2.24, 2.45) is 5.92 Å². The molecule has 160 valence electrons. The molecule has 0 unspecified atom stereocenters. The second-order valence-electron chi connectivity index (χ2n) is 7.77. The maximum Gasteiger partial charge on any atom is 0.269 e. The number of piperidine rings is 1. The Morgan fingerprint density at radius 3 is 2.48 bits per heavy atom. The van der Waals surface area contributed by atoms with E-state index in [0.717, 1.165) is 11.3 Å². The summed E-state index contributed by atoms with van der Waals surface area (Å²) >= 11 is 0. The van der Waals surface area contributed by atoms with Gasteiger partial charge >= 0.3 is 0 Å². The van der Waals surface area contributed by atoms with Crippen molar-refractivity contribution >= 4 is 11.6 Å². The summed E-state index contributed by atoms with van der Waals surface area (Å²) in [6.07, 6.45) is 3.06. The predicted octanol–water partition coefficient (Wildman–Crippen LogP) is 2.96. The van der Waals surface area contributed by atoms with E-state index in [2.05, 4.69) is 15.3 Å². The van der Waals surface area contributed by atoms with Crippen molar-refractivity contribution in [1.82, 2.24) is 15.1 Å². The number of halogens is 1. The van der Waals surface area contributed by atoms with Crippen LogP contribution in [0.2, 0.25) is 0 Å². The van der Waals surface area contributed by atoms with Crippen molar-refractivity contribution in [3.63, 3.8) is 0 Å². The van der Waals surface area contributed by atoms with E-state index >= 15 is 0 Å². The second kappa shape index (κ2) is 9.55. The Hall–Kier alpha value is -3.48. The lowest BCUT2D eigenvalue weighted by Crippen LogP contribution is -2.41. The fourth-order valence-electron chi connectivity index (χ4n) is 3.84. The van der Waals surface area contributed by atoms with Crippen molar-refractivity contribution < 1.29 is 9.18 Å². The summed E-state index contributed by atoms with van der Waals surface area (Å²) < 4.78 is 15.2. The van der Waals surface area contributed by atoms with Crippen LogP contribution in [0, 0.1) is 11.7 Å². The number of carbonyl (C=O) groups excluding carboxylic acids is 1. The van der Waals surface area contributed by atoms with Gasteiger partial charge in [0, 0.05) is 37.2 Å². The van der Waals surface area contributed by atoms with E-state index in [1.165, 1.54) is 10.7 Å². The van der Waals surface area contributed by atoms with Crippen LogP contribution in [0.15, 0.2) is 71.7 Å². The largest absolute Gasteiger partial charge is 0.370 e. The molecule has 1 fully saturated rings. The van der Waals surface area contributed by atoms with Gasteiger partial charge in [0.1, 0.15) is 5.82 Å². The first kappa shape index (κ1) is 20.8. The molecule has 0 saturated carbocycles. The molecule has 0 radical (unpaired) electrons. The minimum absolute atomic E-state index is 0.0562. The van der Waals surface area contributed by atoms with E-state index in [4.69, 9.17) is 0 Å². The number of benzene rings is 2. The summed E-state index contributed by atoms with van der Waals surface area (Å²) in [5, 5.41) is 7.16. The average Bonchev–Trinajstić information content (AvgIpc) is 2.80. The van der Waals surface area contributed by atoms with Crippen LogP contribution in [0.1, 0.15) is 24.0 Å². The van der Waals surface area contributed by atoms with Gasteiger partial charge in [-0.3, -0.25) is 9.59 Å². The van der Waals surface area contributed by atoms with Gasteiger partial charge in [0.25, 0.3) is 5.56 Å². The Bertz CT molecular complexity index is 1090. The van der Waals surface area contributed by atoms with E-state index in [9.17, 15) is 14.0 Å². The summed E-state index contributed by atoms with van der Waals surface area (Å²) in [7, 11) is 0. The van der Waals surface area contributed by atoms with E-state index in [-0.39, 0.29) is 29.7 Å². The lowest BCUT2D eigenvalue weighted by atomic mass is 9.95. The monoisotopic (exact) mass is 420 g/mol. The molecule has 2 heterocycles. The zero-order valence-corrected chi connectivity index (χ0v) is 17.2. The van der Waals surface area contributed by atoms with Gasteiger partial charge in [-0.2, -0.15) is 5.10 Å². The Kier molecular flexibility index (Phi) is 6.40. The van der Waals surface area contributed by atoms with Crippen LogP contribution >= 0.6 is 0 Å². The van der Waals surface area contributed by atoms with Crippen molar-refractivity contribution in [2.75, 3.05) is 18.0 Å². The standard InChI is InChI=1S/C24H25FN4O2/c25-22-9-5-4-8-20(22)15-26-24(31)19-10-12-28(13-11-19)21-14-23(30)29(27-16-21)17-18-6-2-1-3-7-18/h1-9,14,16,19H,10-13,15,17H2,(H,26,31). The Morgan fingerprint density at radius 2 is 1.77 bits per heavy atom. The Labute approximate surface area is 180 Å². The van der Waals surface area contributed by atoms with Gasteiger partial charge in [-0.25, -0.2) is 9.07 Å². The molecule has 0 bridgehead atoms. The van der Waals surface area contributed by atoms with Crippen molar-refractivity contribution in [3.05, 3.63) is 94.2 Å². The molecule has 1 N–H and O–H groups in total. The number of nitrogens with one attached hydrogen (secondary N) is 1. The number of carbonyl (C=O) groups is 1. The van der Waals surface area contributed by atoms with Gasteiger partial charge in [-0.05, 0) is 24.5 Å². The molecule has 0 spiro atoms. The highest BCUT2D eigenvalue weighted by Crippen LogP contribution is 2.22. The summed E-state index contributed by atoms with van der Waals surface area (Å²) in [5.41, 5.74) is 2.13. The van der Waals surface area contributed by atoms with E-state index in [1.807, 2.05) is 30.3 Å². The molecule has 1 aliphatic rings. The third kappa shape index (κ3) is 5.17. The molecule has 1 aliphatic heterocycles. The first-order chi connectivity index (χ1) is 15.1. The SMILES string of the molecule is O=C(NCc1ccccc1F)C1CCN(c2cnn(Cc3ccccc3)c(=O)c2)CC1. The average molecular weight is 420 g/mol. The van der Waals surface area contributed by atoms with Gasteiger partial charge in [0.15, 0.2) is 0 Å². The molecular weight excluding hydrogens is 395 g/mol. The fraction of sp³-hybridized carbons (Fsp3) is 0.292. The number of amides is 1. The molecule has 1 amide bonds. The van der Waals surface area contributed by atoms with Crippen LogP contribution in [0.25, 0.3) is 0 Å². The normalized spacial score (nSPS) is 14.4. The van der Waals surface area contributed by atoms with E-state index in [1.54, 1.807) is 30.5 Å². The molecular formula is C24H25FN4O2. The van der Waals surface area contributed by atoms with E-state index < -0.39 is 0 Å². The van der Waals surface area contributed by atoms with Crippen LogP contribution < -0.4 is 15.8 Å². The highest BCUT2D eigenvalue weighted by molar-refractivity contribution is 5.79. The number of aromatic nitrogens is 2. The number of nitrogens with zero attached hydrogens (tertiary/aromatic N) is 3. The maximum absolute atomic E-state index is 13.7. The third-order valence-corrected chi connectivity index (χ3v) is 5.67. The molecule has 1 aromatic heterocycles. The van der Waals surface area contributed by atoms with Crippen LogP contribution in [-0.4, -0.2) is 28.8 Å². The summed E-state index contributed by atoms with van der Waals surface area (Å²) in [6, 6.07) is 17.8. The highest BCUT2D eigenvalue weighted by Gasteiger charge is 2.25. The molecule has 7 heteroatoms. The van der Waals surface area contributed by atoms with E-state index in [0.29, 0.717) is 38.0 Å². The molecule has 2 aromatic carbocycles. The van der Waals surface area contributed by atoms with Gasteiger partial charge in [0.2, 0.25) is 5.91 Å². The van der Waals surface area contributed by atoms with Crippen molar-refractivity contribution in [1.29, 1.82) is 0 Å². The van der Waals surface area contributed by atoms with Gasteiger partial charge in [0.05, 0.1) is 18.4 Å². The van der Waals surface area contributed by atoms with Crippen LogP contribution in [0.4, 0.5) is 10.1 Å². The maximum atomic E-state index is 13.7. The highest BCUT2D eigenvalue weighted by atomic mass is 19.1. The topological polar surface area (TPSA) is 67.2 Å². The van der Waals surface area contributed by atoms with Crippen LogP contribution in [-0.2, 0) is 17.9 Å². The number of hydrogen-bond donors (Lipinski definition) is 1. The van der Waals surface area contributed by atoms with Crippen molar-refractivity contribution in [2.45, 2.75) is 25.9 Å².